The molecule has 0 saturated carbocycles. The number of carbonyl (C=O) groups excluding carboxylic acids is 1. The third-order valence-corrected chi connectivity index (χ3v) is 6.21. The van der Waals surface area contributed by atoms with Gasteiger partial charge in [-0.15, -0.1) is 4.40 Å². The summed E-state index contributed by atoms with van der Waals surface area (Å²) in [5, 5.41) is 2.96. The van der Waals surface area contributed by atoms with E-state index in [1.54, 1.807) is 48.9 Å². The molecule has 172 valence electrons. The SMILES string of the molecule is Cn1ccnc1-c1cc(C(=O)NC(C)(C)COc2cccc3c2C(N)=NS(=O)(=O)C3)ccn1. The van der Waals surface area contributed by atoms with Gasteiger partial charge < -0.3 is 20.4 Å². The first-order valence-corrected chi connectivity index (χ1v) is 11.7. The lowest BCUT2D eigenvalue weighted by molar-refractivity contribution is 0.0880. The summed E-state index contributed by atoms with van der Waals surface area (Å²) in [6.45, 7) is 3.76. The highest BCUT2D eigenvalue weighted by atomic mass is 32.2. The number of fused-ring (bicyclic) bond motifs is 1. The maximum absolute atomic E-state index is 12.9. The second-order valence-corrected chi connectivity index (χ2v) is 10.0. The fraction of sp³-hybridized carbons (Fsp3) is 0.273. The van der Waals surface area contributed by atoms with E-state index in [0.717, 1.165) is 0 Å². The molecule has 1 amide bonds. The lowest BCUT2D eigenvalue weighted by atomic mass is 10.0. The maximum atomic E-state index is 12.9. The van der Waals surface area contributed by atoms with E-state index in [-0.39, 0.29) is 24.1 Å². The van der Waals surface area contributed by atoms with Crippen LogP contribution in [0.4, 0.5) is 0 Å². The highest BCUT2D eigenvalue weighted by molar-refractivity contribution is 7.89. The number of sulfonamides is 1. The second-order valence-electron chi connectivity index (χ2n) is 8.41. The number of pyridine rings is 1. The van der Waals surface area contributed by atoms with E-state index in [1.807, 2.05) is 25.5 Å². The van der Waals surface area contributed by atoms with E-state index < -0.39 is 15.6 Å². The fourth-order valence-corrected chi connectivity index (χ4v) is 4.60. The number of carbonyl (C=O) groups is 1. The summed E-state index contributed by atoms with van der Waals surface area (Å²) >= 11 is 0. The molecule has 1 aliphatic rings. The van der Waals surface area contributed by atoms with Crippen LogP contribution in [-0.2, 0) is 22.8 Å². The van der Waals surface area contributed by atoms with Crippen LogP contribution in [0.5, 0.6) is 5.75 Å². The number of rotatable bonds is 6. The summed E-state index contributed by atoms with van der Waals surface area (Å²) in [6, 6.07) is 8.38. The zero-order chi connectivity index (χ0) is 23.8. The average molecular weight is 469 g/mol. The lowest BCUT2D eigenvalue weighted by Gasteiger charge is -2.27. The second kappa shape index (κ2) is 8.32. The van der Waals surface area contributed by atoms with E-state index in [0.29, 0.717) is 34.0 Å². The molecule has 10 nitrogen and oxygen atoms in total. The minimum Gasteiger partial charge on any atom is -0.490 e. The van der Waals surface area contributed by atoms with Gasteiger partial charge in [-0.25, -0.2) is 13.4 Å². The van der Waals surface area contributed by atoms with E-state index in [2.05, 4.69) is 19.7 Å². The number of nitrogens with two attached hydrogens (primary N) is 1. The van der Waals surface area contributed by atoms with E-state index in [1.165, 1.54) is 0 Å². The summed E-state index contributed by atoms with van der Waals surface area (Å²) in [7, 11) is -1.78. The summed E-state index contributed by atoms with van der Waals surface area (Å²) in [5.74, 6) is 0.436. The van der Waals surface area contributed by atoms with Crippen molar-refractivity contribution in [1.82, 2.24) is 19.9 Å². The van der Waals surface area contributed by atoms with Gasteiger partial charge >= 0.3 is 0 Å². The quantitative estimate of drug-likeness (QED) is 0.560. The van der Waals surface area contributed by atoms with Crippen LogP contribution in [0.2, 0.25) is 0 Å². The number of nitrogens with one attached hydrogen (secondary N) is 1. The molecule has 0 radical (unpaired) electrons. The Morgan fingerprint density at radius 1 is 1.24 bits per heavy atom. The van der Waals surface area contributed by atoms with Gasteiger partial charge in [0.1, 0.15) is 23.9 Å². The van der Waals surface area contributed by atoms with Crippen LogP contribution in [0.3, 0.4) is 0 Å². The molecule has 33 heavy (non-hydrogen) atoms. The number of aromatic nitrogens is 3. The van der Waals surface area contributed by atoms with Gasteiger partial charge in [0.05, 0.1) is 16.9 Å². The predicted octanol–water partition coefficient (Wildman–Crippen LogP) is 1.62. The minimum atomic E-state index is -3.64. The van der Waals surface area contributed by atoms with Crippen LogP contribution in [0.15, 0.2) is 53.3 Å². The first-order chi connectivity index (χ1) is 15.5. The molecule has 0 bridgehead atoms. The molecule has 4 rings (SSSR count). The Balaban J connectivity index is 1.48. The molecule has 3 heterocycles. The number of benzene rings is 1. The Morgan fingerprint density at radius 3 is 2.76 bits per heavy atom. The van der Waals surface area contributed by atoms with E-state index >= 15 is 0 Å². The molecule has 0 spiro atoms. The molecule has 11 heteroatoms. The van der Waals surface area contributed by atoms with Gasteiger partial charge in [0.2, 0.25) is 0 Å². The highest BCUT2D eigenvalue weighted by Crippen LogP contribution is 2.28. The lowest BCUT2D eigenvalue weighted by Crippen LogP contribution is -2.48. The van der Waals surface area contributed by atoms with Crippen LogP contribution in [0.1, 0.15) is 35.3 Å². The van der Waals surface area contributed by atoms with Crippen LogP contribution in [-0.4, -0.2) is 46.8 Å². The fourth-order valence-electron chi connectivity index (χ4n) is 3.51. The van der Waals surface area contributed by atoms with Crippen molar-refractivity contribution in [1.29, 1.82) is 0 Å². The molecule has 0 fully saturated rings. The number of imidazole rings is 1. The van der Waals surface area contributed by atoms with Crippen molar-refractivity contribution >= 4 is 21.8 Å². The van der Waals surface area contributed by atoms with Crippen LogP contribution < -0.4 is 15.8 Å². The highest BCUT2D eigenvalue weighted by Gasteiger charge is 2.27. The Labute approximate surface area is 191 Å². The Morgan fingerprint density at radius 2 is 2.03 bits per heavy atom. The number of hydrogen-bond acceptors (Lipinski definition) is 7. The average Bonchev–Trinajstić information content (AvgIpc) is 3.17. The molecular weight excluding hydrogens is 444 g/mol. The minimum absolute atomic E-state index is 0.104. The largest absolute Gasteiger partial charge is 0.490 e. The van der Waals surface area contributed by atoms with Crippen LogP contribution >= 0.6 is 0 Å². The molecule has 1 aromatic carbocycles. The van der Waals surface area contributed by atoms with Crippen molar-refractivity contribution in [3.8, 4) is 17.3 Å². The van der Waals surface area contributed by atoms with Crippen molar-refractivity contribution in [3.63, 3.8) is 0 Å². The van der Waals surface area contributed by atoms with Gasteiger partial charge in [0.25, 0.3) is 15.9 Å². The van der Waals surface area contributed by atoms with Gasteiger partial charge in [-0.3, -0.25) is 9.78 Å². The number of nitrogens with zero attached hydrogens (tertiary/aromatic N) is 4. The Hall–Kier alpha value is -3.73. The first kappa shape index (κ1) is 22.5. The van der Waals surface area contributed by atoms with Gasteiger partial charge in [-0.05, 0) is 37.6 Å². The zero-order valence-electron chi connectivity index (χ0n) is 18.4. The summed E-state index contributed by atoms with van der Waals surface area (Å²) in [6.07, 6.45) is 5.04. The number of amidine groups is 1. The first-order valence-electron chi connectivity index (χ1n) is 10.1. The smallest absolute Gasteiger partial charge is 0.259 e. The van der Waals surface area contributed by atoms with Crippen molar-refractivity contribution < 1.29 is 17.9 Å². The molecule has 0 atom stereocenters. The van der Waals surface area contributed by atoms with Crippen molar-refractivity contribution in [3.05, 3.63) is 65.6 Å². The monoisotopic (exact) mass is 468 g/mol. The number of ether oxygens (including phenoxy) is 1. The Bertz CT molecular complexity index is 1360. The van der Waals surface area contributed by atoms with Crippen molar-refractivity contribution in [2.45, 2.75) is 25.1 Å². The molecular formula is C22H24N6O4S. The topological polar surface area (TPSA) is 142 Å². The molecule has 1 aliphatic heterocycles. The van der Waals surface area contributed by atoms with Crippen molar-refractivity contribution in [2.75, 3.05) is 6.61 Å². The predicted molar refractivity (Wildman–Crippen MR) is 123 cm³/mol. The number of amides is 1. The van der Waals surface area contributed by atoms with E-state index in [4.69, 9.17) is 10.5 Å². The van der Waals surface area contributed by atoms with Gasteiger partial charge in [0, 0.05) is 31.2 Å². The molecule has 3 N–H and O–H groups in total. The summed E-state index contributed by atoms with van der Waals surface area (Å²) in [5.41, 5.74) is 7.16. The van der Waals surface area contributed by atoms with Crippen LogP contribution in [0, 0.1) is 0 Å². The van der Waals surface area contributed by atoms with Gasteiger partial charge in [-0.2, -0.15) is 0 Å². The molecule has 0 unspecified atom stereocenters. The number of aryl methyl sites for hydroxylation is 1. The summed E-state index contributed by atoms with van der Waals surface area (Å²) in [4.78, 5) is 21.5. The molecule has 0 saturated heterocycles. The molecule has 3 aromatic rings. The molecule has 2 aromatic heterocycles. The van der Waals surface area contributed by atoms with Gasteiger partial charge in [0.15, 0.2) is 5.82 Å². The summed E-state index contributed by atoms with van der Waals surface area (Å²) < 4.78 is 35.1. The standard InChI is InChI=1S/C22H24N6O4S/c1-22(2,13-32-17-6-4-5-15-12-33(30,31)27-19(23)18(15)17)26-21(29)14-7-8-24-16(11-14)20-25-9-10-28(20)3/h4-11H,12-13H2,1-3H3,(H2,23,27)(H,26,29). The maximum Gasteiger partial charge on any atom is 0.259 e. The van der Waals surface area contributed by atoms with Gasteiger partial charge in [-0.1, -0.05) is 12.1 Å². The normalized spacial score (nSPS) is 14.8. The molecule has 0 aliphatic carbocycles. The third-order valence-electron chi connectivity index (χ3n) is 5.06. The van der Waals surface area contributed by atoms with Crippen LogP contribution in [0.25, 0.3) is 11.5 Å². The zero-order valence-corrected chi connectivity index (χ0v) is 19.3. The Kier molecular flexibility index (Phi) is 5.66. The third kappa shape index (κ3) is 4.87. The van der Waals surface area contributed by atoms with Crippen molar-refractivity contribution in [2.24, 2.45) is 17.2 Å². The van der Waals surface area contributed by atoms with E-state index in [9.17, 15) is 13.2 Å². The number of hydrogen-bond donors (Lipinski definition) is 2.